The third-order valence-corrected chi connectivity index (χ3v) is 4.34. The fraction of sp³-hybridized carbons (Fsp3) is 0.538. The van der Waals surface area contributed by atoms with Crippen LogP contribution >= 0.6 is 0 Å². The molecule has 0 spiro atoms. The molecule has 0 heterocycles. The summed E-state index contributed by atoms with van der Waals surface area (Å²) in [6.45, 7) is 3.16. The second-order valence-electron chi connectivity index (χ2n) is 3.99. The summed E-state index contributed by atoms with van der Waals surface area (Å²) in [5, 5.41) is 3.04. The maximum Gasteiger partial charge on any atom is 0.161 e. The summed E-state index contributed by atoms with van der Waals surface area (Å²) in [7, 11) is -1.30. The Balaban J connectivity index is 2.21. The number of hydrogen-bond acceptors (Lipinski definition) is 5. The molecule has 0 atom stereocenters. The van der Waals surface area contributed by atoms with Gasteiger partial charge in [-0.15, -0.1) is 0 Å². The average molecular weight is 287 g/mol. The van der Waals surface area contributed by atoms with Gasteiger partial charge >= 0.3 is 0 Å². The Hall–Kier alpha value is -1.27. The molecule has 108 valence electrons. The Morgan fingerprint density at radius 3 is 2.47 bits per heavy atom. The van der Waals surface area contributed by atoms with Crippen molar-refractivity contribution in [3.63, 3.8) is 0 Å². The van der Waals surface area contributed by atoms with Crippen molar-refractivity contribution in [1.82, 2.24) is 5.32 Å². The summed E-state index contributed by atoms with van der Waals surface area (Å²) in [4.78, 5) is 0. The standard InChI is InChI=1S/C13H21NO4S/c1-3-19(15,16)11-9-14-8-10-18-13-7-5-4-6-12(13)17-2/h4-7,14H,3,8-11H2,1-2H3. The largest absolute Gasteiger partial charge is 0.493 e. The van der Waals surface area contributed by atoms with Crippen LogP contribution in [-0.4, -0.2) is 46.7 Å². The Morgan fingerprint density at radius 1 is 1.16 bits per heavy atom. The van der Waals surface area contributed by atoms with E-state index >= 15 is 0 Å². The monoisotopic (exact) mass is 287 g/mol. The SMILES string of the molecule is CCS(=O)(=O)CCNCCOc1ccccc1OC. The van der Waals surface area contributed by atoms with Gasteiger partial charge < -0.3 is 14.8 Å². The Labute approximate surface area is 114 Å². The first-order valence-electron chi connectivity index (χ1n) is 6.26. The maximum atomic E-state index is 11.2. The van der Waals surface area contributed by atoms with Crippen LogP contribution in [0.15, 0.2) is 24.3 Å². The van der Waals surface area contributed by atoms with Gasteiger partial charge in [0.25, 0.3) is 0 Å². The zero-order valence-corrected chi connectivity index (χ0v) is 12.2. The van der Waals surface area contributed by atoms with E-state index in [9.17, 15) is 8.42 Å². The quantitative estimate of drug-likeness (QED) is 0.689. The van der Waals surface area contributed by atoms with E-state index in [0.717, 1.165) is 0 Å². The third kappa shape index (κ3) is 5.94. The smallest absolute Gasteiger partial charge is 0.161 e. The zero-order valence-electron chi connectivity index (χ0n) is 11.4. The highest BCUT2D eigenvalue weighted by molar-refractivity contribution is 7.91. The summed E-state index contributed by atoms with van der Waals surface area (Å²) in [5.74, 6) is 1.73. The normalized spacial score (nSPS) is 11.3. The van der Waals surface area contributed by atoms with Crippen molar-refractivity contribution in [2.24, 2.45) is 0 Å². The van der Waals surface area contributed by atoms with Gasteiger partial charge in [0.1, 0.15) is 6.61 Å². The van der Waals surface area contributed by atoms with Gasteiger partial charge in [0.15, 0.2) is 21.3 Å². The Morgan fingerprint density at radius 2 is 1.84 bits per heavy atom. The van der Waals surface area contributed by atoms with E-state index in [1.165, 1.54) is 0 Å². The van der Waals surface area contributed by atoms with Gasteiger partial charge in [-0.2, -0.15) is 0 Å². The van der Waals surface area contributed by atoms with E-state index in [1.807, 2.05) is 24.3 Å². The highest BCUT2D eigenvalue weighted by Crippen LogP contribution is 2.25. The first-order chi connectivity index (χ1) is 9.09. The van der Waals surface area contributed by atoms with Crippen molar-refractivity contribution in [2.75, 3.05) is 38.3 Å². The highest BCUT2D eigenvalue weighted by atomic mass is 32.2. The van der Waals surface area contributed by atoms with Crippen LogP contribution in [0, 0.1) is 0 Å². The molecule has 1 rings (SSSR count). The van der Waals surface area contributed by atoms with Crippen LogP contribution in [0.25, 0.3) is 0 Å². The first kappa shape index (κ1) is 15.8. The fourth-order valence-electron chi connectivity index (χ4n) is 1.47. The van der Waals surface area contributed by atoms with Crippen LogP contribution in [-0.2, 0) is 9.84 Å². The molecule has 0 fully saturated rings. The minimum atomic E-state index is -2.89. The molecule has 19 heavy (non-hydrogen) atoms. The summed E-state index contributed by atoms with van der Waals surface area (Å²) in [5.41, 5.74) is 0. The van der Waals surface area contributed by atoms with Gasteiger partial charge in [-0.25, -0.2) is 8.42 Å². The van der Waals surface area contributed by atoms with Gasteiger partial charge in [0.05, 0.1) is 12.9 Å². The molecule has 0 amide bonds. The van der Waals surface area contributed by atoms with Crippen molar-refractivity contribution in [3.8, 4) is 11.5 Å². The van der Waals surface area contributed by atoms with Gasteiger partial charge in [0.2, 0.25) is 0 Å². The van der Waals surface area contributed by atoms with Crippen molar-refractivity contribution in [1.29, 1.82) is 0 Å². The molecular weight excluding hydrogens is 266 g/mol. The van der Waals surface area contributed by atoms with E-state index in [-0.39, 0.29) is 11.5 Å². The molecule has 0 aliphatic carbocycles. The van der Waals surface area contributed by atoms with E-state index in [4.69, 9.17) is 9.47 Å². The van der Waals surface area contributed by atoms with E-state index in [2.05, 4.69) is 5.32 Å². The number of sulfone groups is 1. The molecule has 0 saturated carbocycles. The molecule has 1 aromatic rings. The van der Waals surface area contributed by atoms with Crippen LogP contribution in [0.4, 0.5) is 0 Å². The fourth-order valence-corrected chi connectivity index (χ4v) is 2.21. The lowest BCUT2D eigenvalue weighted by atomic mass is 10.3. The lowest BCUT2D eigenvalue weighted by Gasteiger charge is -2.10. The molecular formula is C13H21NO4S. The molecule has 1 N–H and O–H groups in total. The van der Waals surface area contributed by atoms with Gasteiger partial charge in [-0.05, 0) is 12.1 Å². The topological polar surface area (TPSA) is 64.6 Å². The minimum absolute atomic E-state index is 0.165. The van der Waals surface area contributed by atoms with Crippen LogP contribution in [0.2, 0.25) is 0 Å². The molecule has 0 unspecified atom stereocenters. The van der Waals surface area contributed by atoms with Gasteiger partial charge in [-0.3, -0.25) is 0 Å². The van der Waals surface area contributed by atoms with Crippen molar-refractivity contribution >= 4 is 9.84 Å². The van der Waals surface area contributed by atoms with Crippen LogP contribution in [0.1, 0.15) is 6.92 Å². The second-order valence-corrected chi connectivity index (χ2v) is 6.46. The van der Waals surface area contributed by atoms with Crippen LogP contribution < -0.4 is 14.8 Å². The van der Waals surface area contributed by atoms with E-state index < -0.39 is 9.84 Å². The first-order valence-corrected chi connectivity index (χ1v) is 8.08. The van der Waals surface area contributed by atoms with E-state index in [0.29, 0.717) is 31.2 Å². The number of hydrogen-bond donors (Lipinski definition) is 1. The molecule has 1 aromatic carbocycles. The summed E-state index contributed by atoms with van der Waals surface area (Å²) >= 11 is 0. The molecule has 0 radical (unpaired) electrons. The zero-order chi connectivity index (χ0) is 14.1. The maximum absolute atomic E-state index is 11.2. The molecule has 6 heteroatoms. The van der Waals surface area contributed by atoms with E-state index in [1.54, 1.807) is 14.0 Å². The predicted molar refractivity (Wildman–Crippen MR) is 75.7 cm³/mol. The summed E-state index contributed by atoms with van der Waals surface area (Å²) in [6.07, 6.45) is 0. The predicted octanol–water partition coefficient (Wildman–Crippen LogP) is 1.10. The Bertz CT molecular complexity index is 473. The molecule has 0 bridgehead atoms. The molecule has 0 aliphatic heterocycles. The lowest BCUT2D eigenvalue weighted by Crippen LogP contribution is -2.27. The third-order valence-electron chi connectivity index (χ3n) is 2.64. The average Bonchev–Trinajstić information content (AvgIpc) is 2.43. The molecule has 0 saturated heterocycles. The second kappa shape index (κ2) is 8.01. The number of ether oxygens (including phenoxy) is 2. The number of methoxy groups -OCH3 is 1. The minimum Gasteiger partial charge on any atom is -0.493 e. The number of rotatable bonds is 9. The van der Waals surface area contributed by atoms with Gasteiger partial charge in [0, 0.05) is 18.8 Å². The van der Waals surface area contributed by atoms with Crippen LogP contribution in [0.5, 0.6) is 11.5 Å². The molecule has 0 aromatic heterocycles. The number of benzene rings is 1. The number of nitrogens with one attached hydrogen (secondary N) is 1. The van der Waals surface area contributed by atoms with Crippen LogP contribution in [0.3, 0.4) is 0 Å². The molecule has 0 aliphatic rings. The van der Waals surface area contributed by atoms with Crippen molar-refractivity contribution in [3.05, 3.63) is 24.3 Å². The van der Waals surface area contributed by atoms with Crippen molar-refractivity contribution in [2.45, 2.75) is 6.92 Å². The lowest BCUT2D eigenvalue weighted by molar-refractivity contribution is 0.293. The summed E-state index contributed by atoms with van der Waals surface area (Å²) < 4.78 is 33.2. The Kier molecular flexibility index (Phi) is 6.66. The van der Waals surface area contributed by atoms with Gasteiger partial charge in [-0.1, -0.05) is 19.1 Å². The van der Waals surface area contributed by atoms with Crippen molar-refractivity contribution < 1.29 is 17.9 Å². The molecule has 5 nitrogen and oxygen atoms in total. The summed E-state index contributed by atoms with van der Waals surface area (Å²) in [6, 6.07) is 7.41. The number of para-hydroxylation sites is 2. The highest BCUT2D eigenvalue weighted by Gasteiger charge is 2.06.